The number of carbonyl (C=O) groups is 1. The number of urea groups is 1. The van der Waals surface area contributed by atoms with Crippen LogP contribution in [0.5, 0.6) is 0 Å². The number of para-hydroxylation sites is 1. The molecule has 0 radical (unpaired) electrons. The zero-order valence-electron chi connectivity index (χ0n) is 12.3. The minimum atomic E-state index is -3.28. The SMILES string of the molecule is CS(=O)(=O)NCc1ccc(/C=N\NC(=O)Nc2ccccc2)o1. The summed E-state index contributed by atoms with van der Waals surface area (Å²) in [6, 6.07) is 11.7. The number of rotatable bonds is 6. The summed E-state index contributed by atoms with van der Waals surface area (Å²) in [5, 5.41) is 6.34. The predicted octanol–water partition coefficient (Wildman–Crippen LogP) is 1.48. The second-order valence-corrected chi connectivity index (χ2v) is 6.42. The Labute approximate surface area is 133 Å². The summed E-state index contributed by atoms with van der Waals surface area (Å²) in [4.78, 5) is 11.6. The van der Waals surface area contributed by atoms with Gasteiger partial charge < -0.3 is 9.73 Å². The number of benzene rings is 1. The number of amides is 2. The molecular formula is C14H16N4O4S. The molecule has 9 heteroatoms. The molecule has 1 aromatic heterocycles. The van der Waals surface area contributed by atoms with E-state index in [2.05, 4.69) is 20.6 Å². The van der Waals surface area contributed by atoms with Crippen LogP contribution in [-0.4, -0.2) is 26.9 Å². The lowest BCUT2D eigenvalue weighted by molar-refractivity contribution is 0.252. The van der Waals surface area contributed by atoms with Crippen LogP contribution >= 0.6 is 0 Å². The highest BCUT2D eigenvalue weighted by atomic mass is 32.2. The fraction of sp³-hybridized carbons (Fsp3) is 0.143. The number of hydrazone groups is 1. The summed E-state index contributed by atoms with van der Waals surface area (Å²) in [5.74, 6) is 0.820. The van der Waals surface area contributed by atoms with Crippen LogP contribution in [0.2, 0.25) is 0 Å². The van der Waals surface area contributed by atoms with Crippen LogP contribution in [0.25, 0.3) is 0 Å². The molecule has 0 spiro atoms. The summed E-state index contributed by atoms with van der Waals surface area (Å²) in [5.41, 5.74) is 2.94. The van der Waals surface area contributed by atoms with E-state index in [0.29, 0.717) is 17.2 Å². The van der Waals surface area contributed by atoms with Crippen molar-refractivity contribution in [3.8, 4) is 0 Å². The smallest absolute Gasteiger partial charge is 0.339 e. The molecule has 0 atom stereocenters. The first kappa shape index (κ1) is 16.7. The maximum atomic E-state index is 11.6. The first-order valence-corrected chi connectivity index (χ1v) is 8.50. The fourth-order valence-corrected chi connectivity index (χ4v) is 2.00. The van der Waals surface area contributed by atoms with Crippen LogP contribution in [-0.2, 0) is 16.6 Å². The first-order valence-electron chi connectivity index (χ1n) is 6.61. The molecule has 122 valence electrons. The maximum absolute atomic E-state index is 11.6. The maximum Gasteiger partial charge on any atom is 0.339 e. The lowest BCUT2D eigenvalue weighted by atomic mass is 10.3. The van der Waals surface area contributed by atoms with E-state index in [1.807, 2.05) is 6.07 Å². The molecule has 0 aliphatic carbocycles. The quantitative estimate of drug-likeness (QED) is 0.548. The summed E-state index contributed by atoms with van der Waals surface area (Å²) < 4.78 is 29.6. The number of hydrogen-bond acceptors (Lipinski definition) is 5. The van der Waals surface area contributed by atoms with Crippen molar-refractivity contribution in [2.45, 2.75) is 6.54 Å². The van der Waals surface area contributed by atoms with Gasteiger partial charge in [-0.1, -0.05) is 18.2 Å². The van der Waals surface area contributed by atoms with Crippen molar-refractivity contribution in [1.82, 2.24) is 10.1 Å². The molecule has 3 N–H and O–H groups in total. The van der Waals surface area contributed by atoms with Crippen LogP contribution in [0.15, 0.2) is 52.0 Å². The molecule has 1 aromatic carbocycles. The number of nitrogens with zero attached hydrogens (tertiary/aromatic N) is 1. The molecule has 0 aliphatic heterocycles. The fourth-order valence-electron chi connectivity index (χ4n) is 1.60. The number of furan rings is 1. The average molecular weight is 336 g/mol. The largest absolute Gasteiger partial charge is 0.459 e. The Morgan fingerprint density at radius 2 is 1.96 bits per heavy atom. The highest BCUT2D eigenvalue weighted by Gasteiger charge is 2.05. The molecule has 2 aromatic rings. The van der Waals surface area contributed by atoms with E-state index in [0.717, 1.165) is 6.26 Å². The molecule has 0 saturated heterocycles. The summed E-state index contributed by atoms with van der Waals surface area (Å²) in [6.07, 6.45) is 2.38. The second-order valence-electron chi connectivity index (χ2n) is 4.59. The Bertz CT molecular complexity index is 784. The van der Waals surface area contributed by atoms with Gasteiger partial charge >= 0.3 is 6.03 Å². The molecule has 0 bridgehead atoms. The Balaban J connectivity index is 1.81. The number of hydrogen-bond donors (Lipinski definition) is 3. The number of anilines is 1. The Morgan fingerprint density at radius 3 is 2.65 bits per heavy atom. The van der Waals surface area contributed by atoms with Gasteiger partial charge in [0.25, 0.3) is 0 Å². The van der Waals surface area contributed by atoms with Gasteiger partial charge in [0.15, 0.2) is 0 Å². The summed E-state index contributed by atoms with van der Waals surface area (Å²) >= 11 is 0. The highest BCUT2D eigenvalue weighted by Crippen LogP contribution is 2.06. The van der Waals surface area contributed by atoms with E-state index in [1.165, 1.54) is 6.21 Å². The first-order chi connectivity index (χ1) is 10.9. The zero-order valence-corrected chi connectivity index (χ0v) is 13.1. The van der Waals surface area contributed by atoms with E-state index in [4.69, 9.17) is 4.42 Å². The summed E-state index contributed by atoms with van der Waals surface area (Å²) in [7, 11) is -3.28. The van der Waals surface area contributed by atoms with E-state index in [9.17, 15) is 13.2 Å². The molecule has 0 fully saturated rings. The number of nitrogens with one attached hydrogen (secondary N) is 3. The van der Waals surface area contributed by atoms with Gasteiger partial charge in [-0.25, -0.2) is 23.4 Å². The molecular weight excluding hydrogens is 320 g/mol. The van der Waals surface area contributed by atoms with Gasteiger partial charge in [0.05, 0.1) is 19.0 Å². The van der Waals surface area contributed by atoms with Crippen molar-refractivity contribution in [2.24, 2.45) is 5.10 Å². The molecule has 2 amide bonds. The van der Waals surface area contributed by atoms with Crippen LogP contribution in [0.3, 0.4) is 0 Å². The third kappa shape index (κ3) is 6.32. The van der Waals surface area contributed by atoms with E-state index in [-0.39, 0.29) is 6.54 Å². The topological polar surface area (TPSA) is 113 Å². The van der Waals surface area contributed by atoms with Crippen molar-refractivity contribution < 1.29 is 17.6 Å². The Hall–Kier alpha value is -2.65. The van der Waals surface area contributed by atoms with Crippen molar-refractivity contribution in [3.05, 3.63) is 54.0 Å². The minimum absolute atomic E-state index is 0.0502. The highest BCUT2D eigenvalue weighted by molar-refractivity contribution is 7.88. The third-order valence-electron chi connectivity index (χ3n) is 2.58. The summed E-state index contributed by atoms with van der Waals surface area (Å²) in [6.45, 7) is 0.0502. The Kier molecular flexibility index (Phi) is 5.50. The van der Waals surface area contributed by atoms with Gasteiger partial charge in [-0.05, 0) is 24.3 Å². The van der Waals surface area contributed by atoms with Gasteiger partial charge in [0.2, 0.25) is 10.0 Å². The minimum Gasteiger partial charge on any atom is -0.459 e. The standard InChI is InChI=1S/C14H16N4O4S/c1-23(20,21)16-10-13-8-7-12(22-13)9-15-18-14(19)17-11-5-3-2-4-6-11/h2-9,16H,10H2,1H3,(H2,17,18,19)/b15-9-. The molecule has 23 heavy (non-hydrogen) atoms. The lowest BCUT2D eigenvalue weighted by Crippen LogP contribution is -2.24. The van der Waals surface area contributed by atoms with Crippen LogP contribution in [0, 0.1) is 0 Å². The van der Waals surface area contributed by atoms with Crippen LogP contribution in [0.1, 0.15) is 11.5 Å². The average Bonchev–Trinajstić information content (AvgIpc) is 2.93. The van der Waals surface area contributed by atoms with Gasteiger partial charge in [0.1, 0.15) is 11.5 Å². The van der Waals surface area contributed by atoms with E-state index >= 15 is 0 Å². The molecule has 1 heterocycles. The van der Waals surface area contributed by atoms with Crippen molar-refractivity contribution >= 4 is 28.0 Å². The molecule has 0 saturated carbocycles. The van der Waals surface area contributed by atoms with Crippen molar-refractivity contribution in [2.75, 3.05) is 11.6 Å². The van der Waals surface area contributed by atoms with Gasteiger partial charge in [0, 0.05) is 5.69 Å². The zero-order chi connectivity index (χ0) is 16.7. The van der Waals surface area contributed by atoms with Crippen LogP contribution < -0.4 is 15.5 Å². The third-order valence-corrected chi connectivity index (χ3v) is 3.25. The van der Waals surface area contributed by atoms with Crippen molar-refractivity contribution in [1.29, 1.82) is 0 Å². The second kappa shape index (κ2) is 7.56. The molecule has 8 nitrogen and oxygen atoms in total. The molecule has 0 unspecified atom stereocenters. The number of carbonyl (C=O) groups excluding carboxylic acids is 1. The molecule has 0 aliphatic rings. The van der Waals surface area contributed by atoms with E-state index in [1.54, 1.807) is 36.4 Å². The Morgan fingerprint density at radius 1 is 1.22 bits per heavy atom. The normalized spacial score (nSPS) is 11.5. The van der Waals surface area contributed by atoms with Gasteiger partial charge in [-0.2, -0.15) is 5.10 Å². The molecule has 2 rings (SSSR count). The monoisotopic (exact) mass is 336 g/mol. The van der Waals surface area contributed by atoms with Gasteiger partial charge in [-0.3, -0.25) is 0 Å². The van der Waals surface area contributed by atoms with Crippen molar-refractivity contribution in [3.63, 3.8) is 0 Å². The van der Waals surface area contributed by atoms with Gasteiger partial charge in [-0.15, -0.1) is 0 Å². The lowest BCUT2D eigenvalue weighted by Gasteiger charge is -2.02. The van der Waals surface area contributed by atoms with E-state index < -0.39 is 16.1 Å². The van der Waals surface area contributed by atoms with Crippen LogP contribution in [0.4, 0.5) is 10.5 Å². The predicted molar refractivity (Wildman–Crippen MR) is 86.6 cm³/mol. The number of sulfonamides is 1.